The van der Waals surface area contributed by atoms with Gasteiger partial charge in [-0.2, -0.15) is 0 Å². The first-order valence-corrected chi connectivity index (χ1v) is 8.91. The van der Waals surface area contributed by atoms with E-state index in [0.29, 0.717) is 25.1 Å². The lowest BCUT2D eigenvalue weighted by atomic mass is 9.70. The van der Waals surface area contributed by atoms with Crippen molar-refractivity contribution in [1.29, 1.82) is 0 Å². The molecule has 0 radical (unpaired) electrons. The number of rotatable bonds is 6. The van der Waals surface area contributed by atoms with Gasteiger partial charge in [0.2, 0.25) is 0 Å². The van der Waals surface area contributed by atoms with Gasteiger partial charge in [-0.3, -0.25) is 9.69 Å². The van der Waals surface area contributed by atoms with Gasteiger partial charge in [-0.05, 0) is 42.1 Å². The number of fused-ring (bicyclic) bond motifs is 1. The smallest absolute Gasteiger partial charge is 0.451 e. The van der Waals surface area contributed by atoms with Crippen molar-refractivity contribution in [2.45, 2.75) is 45.1 Å². The SMILES string of the molecule is O=C(O)[C@H]1C[C@H](CCB(O)O)CC[C@H]1CN1Cc2ccccc2C1. The van der Waals surface area contributed by atoms with Gasteiger partial charge in [-0.1, -0.05) is 37.1 Å². The molecule has 3 N–H and O–H groups in total. The van der Waals surface area contributed by atoms with E-state index in [0.717, 1.165) is 32.5 Å². The Balaban J connectivity index is 1.57. The standard InChI is InChI=1S/C18H26BNO4/c21-18(22)17-9-13(7-8-19(23)24)5-6-16(17)12-20-10-14-3-1-2-4-15(14)11-20/h1-4,13,16-17,23-24H,5-12H2,(H,21,22)/t13-,16-,17-/m0/s1. The summed E-state index contributed by atoms with van der Waals surface area (Å²) in [4.78, 5) is 14.1. The zero-order valence-corrected chi connectivity index (χ0v) is 14.0. The van der Waals surface area contributed by atoms with Gasteiger partial charge in [0.25, 0.3) is 0 Å². The van der Waals surface area contributed by atoms with Crippen LogP contribution in [0.25, 0.3) is 0 Å². The van der Waals surface area contributed by atoms with Crippen molar-refractivity contribution in [2.24, 2.45) is 17.8 Å². The Morgan fingerprint density at radius 2 is 1.83 bits per heavy atom. The maximum absolute atomic E-state index is 11.7. The van der Waals surface area contributed by atoms with Crippen LogP contribution in [0.1, 0.15) is 36.8 Å². The number of aliphatic carboxylic acids is 1. The molecule has 1 saturated carbocycles. The Morgan fingerprint density at radius 3 is 2.42 bits per heavy atom. The molecule has 3 rings (SSSR count). The van der Waals surface area contributed by atoms with Crippen LogP contribution in [0.4, 0.5) is 0 Å². The molecule has 0 saturated heterocycles. The molecule has 1 aliphatic heterocycles. The van der Waals surface area contributed by atoms with E-state index in [9.17, 15) is 9.90 Å². The Kier molecular flexibility index (Phi) is 5.59. The predicted octanol–water partition coefficient (Wildman–Crippen LogP) is 1.98. The molecule has 3 atom stereocenters. The van der Waals surface area contributed by atoms with Crippen LogP contribution in [-0.2, 0) is 17.9 Å². The Morgan fingerprint density at radius 1 is 1.17 bits per heavy atom. The minimum atomic E-state index is -1.28. The Hall–Kier alpha value is -1.37. The monoisotopic (exact) mass is 331 g/mol. The van der Waals surface area contributed by atoms with Crippen LogP contribution in [-0.4, -0.2) is 39.7 Å². The first kappa shape index (κ1) is 17.5. The fourth-order valence-electron chi connectivity index (χ4n) is 4.35. The van der Waals surface area contributed by atoms with E-state index in [1.807, 2.05) is 0 Å². The lowest BCUT2D eigenvalue weighted by Gasteiger charge is -2.36. The van der Waals surface area contributed by atoms with E-state index < -0.39 is 13.1 Å². The highest BCUT2D eigenvalue weighted by atomic mass is 16.4. The molecule has 6 heteroatoms. The molecule has 0 unspecified atom stereocenters. The van der Waals surface area contributed by atoms with Gasteiger partial charge in [0, 0.05) is 19.6 Å². The summed E-state index contributed by atoms with van der Waals surface area (Å²) in [6.07, 6.45) is 3.60. The zero-order valence-electron chi connectivity index (χ0n) is 14.0. The molecular formula is C18H26BNO4. The van der Waals surface area contributed by atoms with Gasteiger partial charge < -0.3 is 15.2 Å². The molecule has 0 aromatic heterocycles. The Labute approximate surface area is 143 Å². The molecule has 1 aliphatic carbocycles. The van der Waals surface area contributed by atoms with Crippen molar-refractivity contribution in [3.05, 3.63) is 35.4 Å². The van der Waals surface area contributed by atoms with Crippen molar-refractivity contribution in [3.63, 3.8) is 0 Å². The van der Waals surface area contributed by atoms with Crippen molar-refractivity contribution in [3.8, 4) is 0 Å². The Bertz CT molecular complexity index is 555. The van der Waals surface area contributed by atoms with Crippen LogP contribution < -0.4 is 0 Å². The van der Waals surface area contributed by atoms with Crippen LogP contribution in [0, 0.1) is 17.8 Å². The molecule has 0 spiro atoms. The largest absolute Gasteiger partial charge is 0.481 e. The molecule has 24 heavy (non-hydrogen) atoms. The average Bonchev–Trinajstić information content (AvgIpc) is 2.95. The second-order valence-electron chi connectivity index (χ2n) is 7.38. The summed E-state index contributed by atoms with van der Waals surface area (Å²) in [6, 6.07) is 8.43. The maximum atomic E-state index is 11.7. The molecule has 1 heterocycles. The summed E-state index contributed by atoms with van der Waals surface area (Å²) >= 11 is 0. The number of carboxylic acids is 1. The summed E-state index contributed by atoms with van der Waals surface area (Å²) < 4.78 is 0. The summed E-state index contributed by atoms with van der Waals surface area (Å²) in [5.41, 5.74) is 2.71. The molecule has 130 valence electrons. The number of hydrogen-bond donors (Lipinski definition) is 3. The normalized spacial score (nSPS) is 27.0. The quantitative estimate of drug-likeness (QED) is 0.695. The molecule has 1 aromatic rings. The van der Waals surface area contributed by atoms with E-state index >= 15 is 0 Å². The second kappa shape index (κ2) is 7.68. The van der Waals surface area contributed by atoms with Gasteiger partial charge in [0.15, 0.2) is 0 Å². The zero-order chi connectivity index (χ0) is 17.1. The van der Waals surface area contributed by atoms with Crippen LogP contribution in [0.3, 0.4) is 0 Å². The summed E-state index contributed by atoms with van der Waals surface area (Å²) in [7, 11) is -1.28. The van der Waals surface area contributed by atoms with E-state index in [1.54, 1.807) is 0 Å². The van der Waals surface area contributed by atoms with E-state index in [1.165, 1.54) is 11.1 Å². The van der Waals surface area contributed by atoms with Crippen molar-refractivity contribution in [2.75, 3.05) is 6.54 Å². The first-order valence-electron chi connectivity index (χ1n) is 8.91. The predicted molar refractivity (Wildman–Crippen MR) is 92.1 cm³/mol. The number of benzene rings is 1. The van der Waals surface area contributed by atoms with E-state index in [2.05, 4.69) is 29.2 Å². The number of carbonyl (C=O) groups is 1. The van der Waals surface area contributed by atoms with Gasteiger partial charge in [-0.15, -0.1) is 0 Å². The van der Waals surface area contributed by atoms with Crippen molar-refractivity contribution in [1.82, 2.24) is 4.90 Å². The summed E-state index contributed by atoms with van der Waals surface area (Å²) in [6.45, 7) is 2.67. The molecule has 2 aliphatic rings. The lowest BCUT2D eigenvalue weighted by molar-refractivity contribution is -0.146. The highest BCUT2D eigenvalue weighted by molar-refractivity contribution is 6.40. The van der Waals surface area contributed by atoms with Crippen LogP contribution in [0.5, 0.6) is 0 Å². The van der Waals surface area contributed by atoms with Gasteiger partial charge in [0.05, 0.1) is 5.92 Å². The second-order valence-corrected chi connectivity index (χ2v) is 7.38. The number of carboxylic acid groups (broad SMARTS) is 1. The third-order valence-electron chi connectivity index (χ3n) is 5.65. The molecular weight excluding hydrogens is 305 g/mol. The highest BCUT2D eigenvalue weighted by Crippen LogP contribution is 2.38. The molecule has 0 bridgehead atoms. The summed E-state index contributed by atoms with van der Waals surface area (Å²) in [5, 5.41) is 27.7. The average molecular weight is 331 g/mol. The molecule has 5 nitrogen and oxygen atoms in total. The van der Waals surface area contributed by atoms with E-state index in [-0.39, 0.29) is 11.8 Å². The van der Waals surface area contributed by atoms with Crippen LogP contribution >= 0.6 is 0 Å². The number of hydrogen-bond acceptors (Lipinski definition) is 4. The minimum absolute atomic E-state index is 0.187. The molecule has 0 amide bonds. The summed E-state index contributed by atoms with van der Waals surface area (Å²) in [5.74, 6) is -0.540. The number of nitrogens with zero attached hydrogens (tertiary/aromatic N) is 1. The molecule has 1 fully saturated rings. The topological polar surface area (TPSA) is 81.0 Å². The van der Waals surface area contributed by atoms with Gasteiger partial charge in [0.1, 0.15) is 0 Å². The van der Waals surface area contributed by atoms with Crippen molar-refractivity contribution < 1.29 is 19.9 Å². The van der Waals surface area contributed by atoms with E-state index in [4.69, 9.17) is 10.0 Å². The fourth-order valence-corrected chi connectivity index (χ4v) is 4.35. The third-order valence-corrected chi connectivity index (χ3v) is 5.65. The van der Waals surface area contributed by atoms with Crippen molar-refractivity contribution >= 4 is 13.1 Å². The van der Waals surface area contributed by atoms with Gasteiger partial charge in [-0.25, -0.2) is 0 Å². The minimum Gasteiger partial charge on any atom is -0.481 e. The first-order chi connectivity index (χ1) is 11.5. The van der Waals surface area contributed by atoms with Crippen LogP contribution in [0.15, 0.2) is 24.3 Å². The van der Waals surface area contributed by atoms with Crippen LogP contribution in [0.2, 0.25) is 6.32 Å². The molecule has 1 aromatic carbocycles. The maximum Gasteiger partial charge on any atom is 0.451 e. The highest BCUT2D eigenvalue weighted by Gasteiger charge is 2.37. The lowest BCUT2D eigenvalue weighted by Crippen LogP contribution is -2.37. The third kappa shape index (κ3) is 4.18. The van der Waals surface area contributed by atoms with Gasteiger partial charge >= 0.3 is 13.1 Å². The fraction of sp³-hybridized carbons (Fsp3) is 0.611.